The first-order valence-electron chi connectivity index (χ1n) is 7.91. The molecule has 0 saturated carbocycles. The minimum Gasteiger partial charge on any atom is -0.350 e. The third kappa shape index (κ3) is 3.01. The van der Waals surface area contributed by atoms with Gasteiger partial charge in [-0.1, -0.05) is 18.2 Å². The van der Waals surface area contributed by atoms with Gasteiger partial charge in [0.1, 0.15) is 0 Å². The second-order valence-electron chi connectivity index (χ2n) is 6.11. The van der Waals surface area contributed by atoms with Gasteiger partial charge in [-0.05, 0) is 56.2 Å². The average molecular weight is 344 g/mol. The van der Waals surface area contributed by atoms with Gasteiger partial charge in [-0.25, -0.2) is 8.42 Å². The van der Waals surface area contributed by atoms with Gasteiger partial charge in [0.25, 0.3) is 15.9 Å². The quantitative estimate of drug-likeness (QED) is 0.927. The molecule has 0 unspecified atom stereocenters. The fraction of sp³-hybridized carbons (Fsp3) is 0.278. The number of para-hydroxylation sites is 1. The molecular formula is C18H20N2O3S. The van der Waals surface area contributed by atoms with Crippen LogP contribution in [0.2, 0.25) is 0 Å². The largest absolute Gasteiger partial charge is 0.350 e. The summed E-state index contributed by atoms with van der Waals surface area (Å²) in [5, 5.41) is 2.79. The summed E-state index contributed by atoms with van der Waals surface area (Å²) < 4.78 is 27.2. The molecule has 126 valence electrons. The lowest BCUT2D eigenvalue weighted by atomic mass is 10.2. The van der Waals surface area contributed by atoms with Gasteiger partial charge in [-0.3, -0.25) is 9.10 Å². The molecule has 0 bridgehead atoms. The SMILES string of the molecule is CC(C)NC(=O)c1ccc(S(=O)(=O)N2CCc3ccccc32)cc1. The standard InChI is InChI=1S/C18H20N2O3S/c1-13(2)19-18(21)15-7-9-16(10-8-15)24(22,23)20-12-11-14-5-3-4-6-17(14)20/h3-10,13H,11-12H2,1-2H3,(H,19,21). The Morgan fingerprint density at radius 2 is 1.75 bits per heavy atom. The van der Waals surface area contributed by atoms with E-state index in [0.29, 0.717) is 18.5 Å². The lowest BCUT2D eigenvalue weighted by Gasteiger charge is -2.19. The summed E-state index contributed by atoms with van der Waals surface area (Å²) in [6.45, 7) is 4.19. The maximum Gasteiger partial charge on any atom is 0.264 e. The molecule has 0 radical (unpaired) electrons. The van der Waals surface area contributed by atoms with Gasteiger partial charge in [0, 0.05) is 18.2 Å². The zero-order valence-corrected chi connectivity index (χ0v) is 14.5. The second-order valence-corrected chi connectivity index (χ2v) is 7.97. The molecule has 1 N–H and O–H groups in total. The van der Waals surface area contributed by atoms with Gasteiger partial charge in [0.2, 0.25) is 0 Å². The van der Waals surface area contributed by atoms with Gasteiger partial charge in [-0.2, -0.15) is 0 Å². The molecule has 0 aliphatic carbocycles. The first-order chi connectivity index (χ1) is 11.4. The number of carbonyl (C=O) groups is 1. The summed E-state index contributed by atoms with van der Waals surface area (Å²) in [6.07, 6.45) is 0.713. The highest BCUT2D eigenvalue weighted by Gasteiger charge is 2.30. The lowest BCUT2D eigenvalue weighted by molar-refractivity contribution is 0.0943. The minimum absolute atomic E-state index is 0.0296. The summed E-state index contributed by atoms with van der Waals surface area (Å²) in [4.78, 5) is 12.2. The number of hydrogen-bond donors (Lipinski definition) is 1. The molecule has 0 aromatic heterocycles. The number of benzene rings is 2. The predicted octanol–water partition coefficient (Wildman–Crippen LogP) is 2.58. The van der Waals surface area contributed by atoms with Crippen LogP contribution in [0.3, 0.4) is 0 Å². The number of rotatable bonds is 4. The van der Waals surface area contributed by atoms with Crippen LogP contribution in [-0.4, -0.2) is 26.9 Å². The molecular weight excluding hydrogens is 324 g/mol. The van der Waals surface area contributed by atoms with Crippen LogP contribution in [0.15, 0.2) is 53.4 Å². The molecule has 5 nitrogen and oxygen atoms in total. The fourth-order valence-electron chi connectivity index (χ4n) is 2.81. The first-order valence-corrected chi connectivity index (χ1v) is 9.35. The fourth-order valence-corrected chi connectivity index (χ4v) is 4.31. The van der Waals surface area contributed by atoms with Crippen molar-refractivity contribution in [3.8, 4) is 0 Å². The molecule has 0 fully saturated rings. The Hall–Kier alpha value is -2.34. The van der Waals surface area contributed by atoms with Crippen molar-refractivity contribution in [2.75, 3.05) is 10.8 Å². The molecule has 1 heterocycles. The van der Waals surface area contributed by atoms with E-state index in [4.69, 9.17) is 0 Å². The Morgan fingerprint density at radius 1 is 1.08 bits per heavy atom. The van der Waals surface area contributed by atoms with Crippen molar-refractivity contribution >= 4 is 21.6 Å². The third-order valence-corrected chi connectivity index (χ3v) is 5.80. The summed E-state index contributed by atoms with van der Waals surface area (Å²) in [7, 11) is -3.62. The van der Waals surface area contributed by atoms with E-state index in [1.807, 2.05) is 38.1 Å². The second kappa shape index (κ2) is 6.28. The average Bonchev–Trinajstić information content (AvgIpc) is 2.99. The number of nitrogens with one attached hydrogen (secondary N) is 1. The zero-order valence-electron chi connectivity index (χ0n) is 13.7. The van der Waals surface area contributed by atoms with Crippen molar-refractivity contribution < 1.29 is 13.2 Å². The van der Waals surface area contributed by atoms with E-state index in [9.17, 15) is 13.2 Å². The number of amides is 1. The molecule has 6 heteroatoms. The van der Waals surface area contributed by atoms with E-state index < -0.39 is 10.0 Å². The van der Waals surface area contributed by atoms with Crippen LogP contribution in [0.4, 0.5) is 5.69 Å². The van der Waals surface area contributed by atoms with E-state index in [1.54, 1.807) is 12.1 Å². The van der Waals surface area contributed by atoms with Crippen molar-refractivity contribution in [2.24, 2.45) is 0 Å². The Balaban J connectivity index is 1.88. The van der Waals surface area contributed by atoms with Crippen molar-refractivity contribution in [1.29, 1.82) is 0 Å². The van der Waals surface area contributed by atoms with Crippen molar-refractivity contribution in [1.82, 2.24) is 5.32 Å². The molecule has 2 aromatic rings. The molecule has 1 aliphatic heterocycles. The van der Waals surface area contributed by atoms with E-state index >= 15 is 0 Å². The van der Waals surface area contributed by atoms with Crippen LogP contribution in [-0.2, 0) is 16.4 Å². The Bertz CT molecular complexity index is 858. The predicted molar refractivity (Wildman–Crippen MR) is 93.7 cm³/mol. The van der Waals surface area contributed by atoms with Crippen LogP contribution < -0.4 is 9.62 Å². The minimum atomic E-state index is -3.62. The third-order valence-electron chi connectivity index (χ3n) is 3.97. The number of carbonyl (C=O) groups excluding carboxylic acids is 1. The smallest absolute Gasteiger partial charge is 0.264 e. The Morgan fingerprint density at radius 3 is 2.42 bits per heavy atom. The molecule has 0 saturated heterocycles. The lowest BCUT2D eigenvalue weighted by Crippen LogP contribution is -2.30. The van der Waals surface area contributed by atoms with Crippen molar-refractivity contribution in [3.05, 3.63) is 59.7 Å². The Kier molecular flexibility index (Phi) is 4.32. The molecule has 0 spiro atoms. The van der Waals surface area contributed by atoms with Gasteiger partial charge in [0.05, 0.1) is 10.6 Å². The summed E-state index contributed by atoms with van der Waals surface area (Å²) in [5.74, 6) is -0.208. The molecule has 1 amide bonds. The van der Waals surface area contributed by atoms with Crippen LogP contribution >= 0.6 is 0 Å². The van der Waals surface area contributed by atoms with E-state index in [2.05, 4.69) is 5.32 Å². The number of hydrogen-bond acceptors (Lipinski definition) is 3. The van der Waals surface area contributed by atoms with Crippen molar-refractivity contribution in [2.45, 2.75) is 31.2 Å². The molecule has 3 rings (SSSR count). The van der Waals surface area contributed by atoms with Gasteiger partial charge < -0.3 is 5.32 Å². The first kappa shape index (κ1) is 16.5. The highest BCUT2D eigenvalue weighted by molar-refractivity contribution is 7.92. The van der Waals surface area contributed by atoms with Gasteiger partial charge >= 0.3 is 0 Å². The van der Waals surface area contributed by atoms with E-state index in [0.717, 1.165) is 11.3 Å². The summed E-state index contributed by atoms with van der Waals surface area (Å²) >= 11 is 0. The number of nitrogens with zero attached hydrogens (tertiary/aromatic N) is 1. The number of anilines is 1. The monoisotopic (exact) mass is 344 g/mol. The molecule has 0 atom stereocenters. The molecule has 24 heavy (non-hydrogen) atoms. The molecule has 1 aliphatic rings. The van der Waals surface area contributed by atoms with Crippen LogP contribution in [0.1, 0.15) is 29.8 Å². The van der Waals surface area contributed by atoms with Crippen molar-refractivity contribution in [3.63, 3.8) is 0 Å². The normalized spacial score (nSPS) is 13.9. The summed E-state index contributed by atoms with van der Waals surface area (Å²) in [5.41, 5.74) is 2.22. The maximum atomic E-state index is 12.9. The maximum absolute atomic E-state index is 12.9. The number of fused-ring (bicyclic) bond motifs is 1. The number of sulfonamides is 1. The van der Waals surface area contributed by atoms with Crippen LogP contribution in [0.25, 0.3) is 0 Å². The van der Waals surface area contributed by atoms with E-state index in [1.165, 1.54) is 16.4 Å². The summed E-state index contributed by atoms with van der Waals surface area (Å²) in [6, 6.07) is 13.6. The van der Waals surface area contributed by atoms with E-state index in [-0.39, 0.29) is 16.8 Å². The van der Waals surface area contributed by atoms with Crippen LogP contribution in [0.5, 0.6) is 0 Å². The van der Waals surface area contributed by atoms with Gasteiger partial charge in [-0.15, -0.1) is 0 Å². The Labute approximate surface area is 142 Å². The topological polar surface area (TPSA) is 66.5 Å². The molecule has 2 aromatic carbocycles. The zero-order chi connectivity index (χ0) is 17.3. The highest BCUT2D eigenvalue weighted by Crippen LogP contribution is 2.32. The highest BCUT2D eigenvalue weighted by atomic mass is 32.2. The van der Waals surface area contributed by atoms with Crippen LogP contribution in [0, 0.1) is 0 Å². The van der Waals surface area contributed by atoms with Gasteiger partial charge in [0.15, 0.2) is 0 Å².